The highest BCUT2D eigenvalue weighted by molar-refractivity contribution is 7.89. The molecule has 31 heavy (non-hydrogen) atoms. The molecule has 1 amide bonds. The number of carbonyl (C=O) groups excluding carboxylic acids is 2. The molecule has 0 spiro atoms. The van der Waals surface area contributed by atoms with Crippen LogP contribution in [0.5, 0.6) is 0 Å². The molecule has 0 bridgehead atoms. The lowest BCUT2D eigenvalue weighted by Gasteiger charge is -2.20. The van der Waals surface area contributed by atoms with Crippen LogP contribution in [0.3, 0.4) is 0 Å². The van der Waals surface area contributed by atoms with Crippen molar-refractivity contribution in [1.82, 2.24) is 4.31 Å². The Labute approximate surface area is 184 Å². The van der Waals surface area contributed by atoms with Crippen LogP contribution in [0.2, 0.25) is 0 Å². The van der Waals surface area contributed by atoms with Crippen molar-refractivity contribution in [3.63, 3.8) is 0 Å². The van der Waals surface area contributed by atoms with Crippen LogP contribution >= 0.6 is 0 Å². The summed E-state index contributed by atoms with van der Waals surface area (Å²) in [7, 11) is -3.66. The van der Waals surface area contributed by atoms with E-state index in [1.807, 2.05) is 37.3 Å². The number of anilines is 1. The van der Waals surface area contributed by atoms with Gasteiger partial charge >= 0.3 is 5.97 Å². The molecule has 0 saturated carbocycles. The zero-order valence-corrected chi connectivity index (χ0v) is 19.2. The van der Waals surface area contributed by atoms with Crippen molar-refractivity contribution in [3.05, 3.63) is 59.7 Å². The summed E-state index contributed by atoms with van der Waals surface area (Å²) in [6, 6.07) is 14.3. The second-order valence-electron chi connectivity index (χ2n) is 7.29. The number of carbonyl (C=O) groups is 2. The third-order valence-electron chi connectivity index (χ3n) is 5.00. The number of hydrogen-bond acceptors (Lipinski definition) is 5. The number of nitrogens with zero attached hydrogens (tertiary/aromatic N) is 1. The molecule has 2 rings (SSSR count). The largest absolute Gasteiger partial charge is 0.456 e. The Morgan fingerprint density at radius 2 is 1.71 bits per heavy atom. The van der Waals surface area contributed by atoms with E-state index in [0.29, 0.717) is 24.3 Å². The summed E-state index contributed by atoms with van der Waals surface area (Å²) in [5.41, 5.74) is 1.94. The van der Waals surface area contributed by atoms with Gasteiger partial charge in [0.15, 0.2) is 6.61 Å². The van der Waals surface area contributed by atoms with Gasteiger partial charge in [0.05, 0.1) is 11.3 Å². The van der Waals surface area contributed by atoms with E-state index >= 15 is 0 Å². The second-order valence-corrected chi connectivity index (χ2v) is 9.20. The molecule has 2 aromatic carbocycles. The summed E-state index contributed by atoms with van der Waals surface area (Å²) in [5, 5.41) is 2.60. The van der Waals surface area contributed by atoms with Crippen molar-refractivity contribution in [3.8, 4) is 0 Å². The minimum Gasteiger partial charge on any atom is -0.456 e. The van der Waals surface area contributed by atoms with Gasteiger partial charge in [-0.2, -0.15) is 4.31 Å². The first kappa shape index (κ1) is 24.6. The van der Waals surface area contributed by atoms with E-state index in [4.69, 9.17) is 4.74 Å². The van der Waals surface area contributed by atoms with Gasteiger partial charge in [-0.15, -0.1) is 0 Å². The fourth-order valence-electron chi connectivity index (χ4n) is 3.21. The van der Waals surface area contributed by atoms with Crippen LogP contribution in [0.15, 0.2) is 53.4 Å². The molecule has 8 heteroatoms. The third kappa shape index (κ3) is 6.63. The van der Waals surface area contributed by atoms with Crippen LogP contribution in [-0.4, -0.2) is 44.3 Å². The number of hydrogen-bond donors (Lipinski definition) is 1. The van der Waals surface area contributed by atoms with Crippen LogP contribution in [0.25, 0.3) is 0 Å². The Balaban J connectivity index is 1.97. The van der Waals surface area contributed by atoms with Crippen molar-refractivity contribution in [2.75, 3.05) is 25.0 Å². The quantitative estimate of drug-likeness (QED) is 0.562. The van der Waals surface area contributed by atoms with Gasteiger partial charge in [-0.25, -0.2) is 8.42 Å². The van der Waals surface area contributed by atoms with Gasteiger partial charge in [-0.05, 0) is 36.1 Å². The van der Waals surface area contributed by atoms with Crippen molar-refractivity contribution < 1.29 is 22.7 Å². The molecule has 0 aromatic heterocycles. The minimum atomic E-state index is -3.66. The highest BCUT2D eigenvalue weighted by Gasteiger charge is 2.24. The number of nitrogens with one attached hydrogen (secondary N) is 1. The molecule has 0 aliphatic rings. The number of rotatable bonds is 10. The molecule has 7 nitrogen and oxygen atoms in total. The van der Waals surface area contributed by atoms with Crippen molar-refractivity contribution in [1.29, 1.82) is 0 Å². The van der Waals surface area contributed by atoms with Crippen molar-refractivity contribution >= 4 is 27.6 Å². The van der Waals surface area contributed by atoms with Gasteiger partial charge in [0, 0.05) is 18.8 Å². The summed E-state index contributed by atoms with van der Waals surface area (Å²) < 4.78 is 32.1. The number of aryl methyl sites for hydroxylation is 1. The van der Waals surface area contributed by atoms with E-state index in [0.717, 1.165) is 5.56 Å². The van der Waals surface area contributed by atoms with Crippen LogP contribution in [-0.2, 0) is 24.3 Å². The monoisotopic (exact) mass is 446 g/mol. The van der Waals surface area contributed by atoms with Gasteiger partial charge < -0.3 is 10.1 Å². The molecule has 1 unspecified atom stereocenters. The van der Waals surface area contributed by atoms with Crippen LogP contribution in [0.4, 0.5) is 5.69 Å². The van der Waals surface area contributed by atoms with Crippen molar-refractivity contribution in [2.24, 2.45) is 0 Å². The Kier molecular flexibility index (Phi) is 8.76. The standard InChI is InChI=1S/C23H30N2O5S/c1-5-25(6-2)31(28,29)21-15-20(13-12-17(21)3)24-22(26)16-30-23(27)14-18(4)19-10-8-7-9-11-19/h7-13,15,18H,5-6,14,16H2,1-4H3,(H,24,26). The van der Waals surface area contributed by atoms with E-state index in [-0.39, 0.29) is 17.2 Å². The predicted octanol–water partition coefficient (Wildman–Crippen LogP) is 3.70. The summed E-state index contributed by atoms with van der Waals surface area (Å²) in [4.78, 5) is 24.4. The molecular formula is C23H30N2O5S. The third-order valence-corrected chi connectivity index (χ3v) is 7.19. The van der Waals surface area contributed by atoms with E-state index in [1.54, 1.807) is 32.9 Å². The molecule has 0 heterocycles. The van der Waals surface area contributed by atoms with Crippen LogP contribution < -0.4 is 5.32 Å². The van der Waals surface area contributed by atoms with Crippen molar-refractivity contribution in [2.45, 2.75) is 44.9 Å². The SMILES string of the molecule is CCN(CC)S(=O)(=O)c1cc(NC(=O)COC(=O)CC(C)c2ccccc2)ccc1C. The summed E-state index contributed by atoms with van der Waals surface area (Å²) in [6.07, 6.45) is 0.161. The molecule has 0 aliphatic heterocycles. The number of esters is 1. The minimum absolute atomic E-state index is 0.0262. The van der Waals surface area contributed by atoms with Gasteiger partial charge in [-0.3, -0.25) is 9.59 Å². The number of benzene rings is 2. The van der Waals surface area contributed by atoms with E-state index in [9.17, 15) is 18.0 Å². The molecule has 0 saturated heterocycles. The lowest BCUT2D eigenvalue weighted by molar-refractivity contribution is -0.147. The molecule has 0 fully saturated rings. The Morgan fingerprint density at radius 1 is 1.06 bits per heavy atom. The maximum atomic E-state index is 12.8. The fraction of sp³-hybridized carbons (Fsp3) is 0.391. The zero-order chi connectivity index (χ0) is 23.0. The Morgan fingerprint density at radius 3 is 2.32 bits per heavy atom. The second kappa shape index (κ2) is 11.1. The summed E-state index contributed by atoms with van der Waals surface area (Å²) in [5.74, 6) is -1.03. The van der Waals surface area contributed by atoms with E-state index < -0.39 is 28.5 Å². The van der Waals surface area contributed by atoms with Gasteiger partial charge in [-0.1, -0.05) is 57.2 Å². The molecule has 1 N–H and O–H groups in total. The maximum Gasteiger partial charge on any atom is 0.306 e. The smallest absolute Gasteiger partial charge is 0.306 e. The Hall–Kier alpha value is -2.71. The zero-order valence-electron chi connectivity index (χ0n) is 18.4. The van der Waals surface area contributed by atoms with Crippen LogP contribution in [0.1, 0.15) is 44.2 Å². The average molecular weight is 447 g/mol. The lowest BCUT2D eigenvalue weighted by Crippen LogP contribution is -2.31. The van der Waals surface area contributed by atoms with Gasteiger partial charge in [0.2, 0.25) is 10.0 Å². The highest BCUT2D eigenvalue weighted by Crippen LogP contribution is 2.24. The van der Waals surface area contributed by atoms with E-state index in [2.05, 4.69) is 5.32 Å². The highest BCUT2D eigenvalue weighted by atomic mass is 32.2. The topological polar surface area (TPSA) is 92.8 Å². The molecule has 2 aromatic rings. The molecule has 168 valence electrons. The van der Waals surface area contributed by atoms with Crippen LogP contribution in [0, 0.1) is 6.92 Å². The molecule has 0 aliphatic carbocycles. The summed E-state index contributed by atoms with van der Waals surface area (Å²) >= 11 is 0. The first-order valence-corrected chi connectivity index (χ1v) is 11.7. The first-order valence-electron chi connectivity index (χ1n) is 10.3. The number of amides is 1. The Bertz CT molecular complexity index is 1000. The van der Waals surface area contributed by atoms with Gasteiger partial charge in [0.25, 0.3) is 5.91 Å². The number of ether oxygens (including phenoxy) is 1. The molecule has 0 radical (unpaired) electrons. The van der Waals surface area contributed by atoms with Gasteiger partial charge in [0.1, 0.15) is 0 Å². The lowest BCUT2D eigenvalue weighted by atomic mass is 9.98. The molecular weight excluding hydrogens is 416 g/mol. The van der Waals surface area contributed by atoms with E-state index in [1.165, 1.54) is 10.4 Å². The summed E-state index contributed by atoms with van der Waals surface area (Å²) in [6.45, 7) is 7.44. The maximum absolute atomic E-state index is 12.8. The predicted molar refractivity (Wildman–Crippen MR) is 120 cm³/mol. The average Bonchev–Trinajstić information content (AvgIpc) is 2.74. The molecule has 1 atom stereocenters. The number of sulfonamides is 1. The fourth-order valence-corrected chi connectivity index (χ4v) is 4.92. The normalized spacial score (nSPS) is 12.4. The first-order chi connectivity index (χ1) is 14.7.